The van der Waals surface area contributed by atoms with Gasteiger partial charge in [0.05, 0.1) is 11.9 Å². The Hall–Kier alpha value is -0.810. The van der Waals surface area contributed by atoms with Gasteiger partial charge in [-0.05, 0) is 6.42 Å². The minimum Gasteiger partial charge on any atom is -0.480 e. The number of carboxylic acids is 1. The van der Waals surface area contributed by atoms with Gasteiger partial charge < -0.3 is 16.2 Å². The zero-order valence-electron chi connectivity index (χ0n) is 8.70. The molecular formula is C9H17ClN2O3. The third kappa shape index (κ3) is 5.59. The van der Waals surface area contributed by atoms with Gasteiger partial charge in [-0.15, -0.1) is 11.6 Å². The van der Waals surface area contributed by atoms with E-state index in [0.717, 1.165) is 12.8 Å². The van der Waals surface area contributed by atoms with Crippen LogP contribution in [0.5, 0.6) is 0 Å². The molecule has 0 saturated heterocycles. The molecule has 0 radical (unpaired) electrons. The van der Waals surface area contributed by atoms with E-state index in [0.29, 0.717) is 6.42 Å². The Morgan fingerprint density at radius 1 is 1.53 bits per heavy atom. The Kier molecular flexibility index (Phi) is 7.07. The zero-order valence-corrected chi connectivity index (χ0v) is 9.46. The third-order valence-corrected chi connectivity index (χ3v) is 2.28. The van der Waals surface area contributed by atoms with Crippen LogP contribution in [0.15, 0.2) is 0 Å². The Morgan fingerprint density at radius 2 is 2.13 bits per heavy atom. The molecule has 0 saturated carbocycles. The van der Waals surface area contributed by atoms with Gasteiger partial charge in [0.2, 0.25) is 5.91 Å². The van der Waals surface area contributed by atoms with Crippen LogP contribution in [0.2, 0.25) is 0 Å². The Balaban J connectivity index is 4.04. The van der Waals surface area contributed by atoms with Crippen molar-refractivity contribution in [2.24, 2.45) is 5.73 Å². The molecule has 0 unspecified atom stereocenters. The Labute approximate surface area is 94.0 Å². The molecule has 0 rings (SSSR count). The highest BCUT2D eigenvalue weighted by molar-refractivity contribution is 6.19. The van der Waals surface area contributed by atoms with E-state index in [9.17, 15) is 9.59 Å². The number of amides is 1. The molecule has 1 amide bonds. The fourth-order valence-electron chi connectivity index (χ4n) is 1.00. The summed E-state index contributed by atoms with van der Waals surface area (Å²) in [5.74, 6) is -1.78. The van der Waals surface area contributed by atoms with E-state index in [4.69, 9.17) is 22.4 Å². The summed E-state index contributed by atoms with van der Waals surface area (Å²) in [5.41, 5.74) is 5.56. The highest BCUT2D eigenvalue weighted by atomic mass is 35.5. The van der Waals surface area contributed by atoms with Crippen molar-refractivity contribution in [1.29, 1.82) is 0 Å². The van der Waals surface area contributed by atoms with Crippen LogP contribution in [0, 0.1) is 0 Å². The topological polar surface area (TPSA) is 92.4 Å². The summed E-state index contributed by atoms with van der Waals surface area (Å²) in [5, 5.41) is 10.9. The van der Waals surface area contributed by atoms with Gasteiger partial charge in [-0.2, -0.15) is 0 Å². The first kappa shape index (κ1) is 14.2. The highest BCUT2D eigenvalue weighted by Crippen LogP contribution is 1.99. The van der Waals surface area contributed by atoms with E-state index < -0.39 is 24.0 Å². The first-order chi connectivity index (χ1) is 7.02. The van der Waals surface area contributed by atoms with E-state index in [2.05, 4.69) is 5.32 Å². The smallest absolute Gasteiger partial charge is 0.327 e. The molecule has 15 heavy (non-hydrogen) atoms. The second-order valence-corrected chi connectivity index (χ2v) is 3.61. The molecule has 0 aromatic heterocycles. The number of rotatable bonds is 7. The van der Waals surface area contributed by atoms with Gasteiger partial charge in [-0.3, -0.25) is 4.79 Å². The fraction of sp³-hybridized carbons (Fsp3) is 0.778. The van der Waals surface area contributed by atoms with Crippen molar-refractivity contribution in [1.82, 2.24) is 5.32 Å². The SMILES string of the molecule is CCCC[C@H](N)C(=O)N[C@@H](CCl)C(=O)O. The van der Waals surface area contributed by atoms with E-state index >= 15 is 0 Å². The number of hydrogen-bond acceptors (Lipinski definition) is 3. The summed E-state index contributed by atoms with van der Waals surface area (Å²) < 4.78 is 0. The van der Waals surface area contributed by atoms with Gasteiger partial charge in [0.15, 0.2) is 0 Å². The molecule has 4 N–H and O–H groups in total. The number of halogens is 1. The van der Waals surface area contributed by atoms with Crippen LogP contribution in [-0.4, -0.2) is 34.9 Å². The van der Waals surface area contributed by atoms with Gasteiger partial charge in [0, 0.05) is 0 Å². The second kappa shape index (κ2) is 7.48. The van der Waals surface area contributed by atoms with Crippen LogP contribution < -0.4 is 11.1 Å². The van der Waals surface area contributed by atoms with Crippen molar-refractivity contribution in [3.63, 3.8) is 0 Å². The average Bonchev–Trinajstić information content (AvgIpc) is 2.21. The van der Waals surface area contributed by atoms with Crippen molar-refractivity contribution >= 4 is 23.5 Å². The maximum atomic E-state index is 11.4. The monoisotopic (exact) mass is 236 g/mol. The van der Waals surface area contributed by atoms with Gasteiger partial charge in [0.1, 0.15) is 6.04 Å². The fourth-order valence-corrected chi connectivity index (χ4v) is 1.21. The molecule has 0 aliphatic rings. The lowest BCUT2D eigenvalue weighted by Crippen LogP contribution is -2.49. The molecule has 0 aromatic rings. The second-order valence-electron chi connectivity index (χ2n) is 3.30. The molecule has 0 aromatic carbocycles. The maximum Gasteiger partial charge on any atom is 0.327 e. The third-order valence-electron chi connectivity index (χ3n) is 1.97. The van der Waals surface area contributed by atoms with Crippen molar-refractivity contribution in [3.8, 4) is 0 Å². The summed E-state index contributed by atoms with van der Waals surface area (Å²) in [6.45, 7) is 1.99. The normalized spacial score (nSPS) is 14.3. The van der Waals surface area contributed by atoms with Gasteiger partial charge in [-0.1, -0.05) is 19.8 Å². The number of carbonyl (C=O) groups excluding carboxylic acids is 1. The highest BCUT2D eigenvalue weighted by Gasteiger charge is 2.21. The lowest BCUT2D eigenvalue weighted by molar-refractivity contribution is -0.141. The van der Waals surface area contributed by atoms with E-state index in [1.807, 2.05) is 6.92 Å². The van der Waals surface area contributed by atoms with Crippen LogP contribution in [0.25, 0.3) is 0 Å². The van der Waals surface area contributed by atoms with Crippen molar-refractivity contribution in [2.75, 3.05) is 5.88 Å². The summed E-state index contributed by atoms with van der Waals surface area (Å²) in [6.07, 6.45) is 2.34. The number of nitrogens with two attached hydrogens (primary N) is 1. The quantitative estimate of drug-likeness (QED) is 0.555. The molecule has 0 heterocycles. The summed E-state index contributed by atoms with van der Waals surface area (Å²) in [4.78, 5) is 21.9. The number of carboxylic acid groups (broad SMARTS) is 1. The molecule has 6 heteroatoms. The standard InChI is InChI=1S/C9H17ClN2O3/c1-2-3-4-6(11)8(13)12-7(5-10)9(14)15/h6-7H,2-5,11H2,1H3,(H,12,13)(H,14,15)/t6-,7-/m0/s1. The van der Waals surface area contributed by atoms with Crippen LogP contribution in [0.1, 0.15) is 26.2 Å². The summed E-state index contributed by atoms with van der Waals surface area (Å²) in [6, 6.07) is -1.72. The molecule has 0 aliphatic heterocycles. The molecule has 2 atom stereocenters. The number of hydrogen-bond donors (Lipinski definition) is 3. The lowest BCUT2D eigenvalue weighted by Gasteiger charge is -2.15. The predicted molar refractivity (Wildman–Crippen MR) is 57.8 cm³/mol. The van der Waals surface area contributed by atoms with E-state index in [1.165, 1.54) is 0 Å². The molecule has 0 aliphatic carbocycles. The first-order valence-electron chi connectivity index (χ1n) is 4.87. The van der Waals surface area contributed by atoms with Gasteiger partial charge >= 0.3 is 5.97 Å². The lowest BCUT2D eigenvalue weighted by atomic mass is 10.1. The van der Waals surface area contributed by atoms with Crippen LogP contribution >= 0.6 is 11.6 Å². The molecule has 88 valence electrons. The molecule has 0 spiro atoms. The van der Waals surface area contributed by atoms with Crippen molar-refractivity contribution in [3.05, 3.63) is 0 Å². The predicted octanol–water partition coefficient (Wildman–Crippen LogP) is 0.312. The Morgan fingerprint density at radius 3 is 2.53 bits per heavy atom. The summed E-state index contributed by atoms with van der Waals surface area (Å²) >= 11 is 5.38. The van der Waals surface area contributed by atoms with E-state index in [-0.39, 0.29) is 5.88 Å². The zero-order chi connectivity index (χ0) is 11.8. The van der Waals surface area contributed by atoms with Crippen molar-refractivity contribution < 1.29 is 14.7 Å². The van der Waals surface area contributed by atoms with Gasteiger partial charge in [-0.25, -0.2) is 4.79 Å². The number of carbonyl (C=O) groups is 2. The maximum absolute atomic E-state index is 11.4. The van der Waals surface area contributed by atoms with Crippen LogP contribution in [0.4, 0.5) is 0 Å². The van der Waals surface area contributed by atoms with Crippen molar-refractivity contribution in [2.45, 2.75) is 38.3 Å². The molecule has 5 nitrogen and oxygen atoms in total. The molecule has 0 fully saturated rings. The first-order valence-corrected chi connectivity index (χ1v) is 5.41. The largest absolute Gasteiger partial charge is 0.480 e. The van der Waals surface area contributed by atoms with Crippen LogP contribution in [0.3, 0.4) is 0 Å². The van der Waals surface area contributed by atoms with Gasteiger partial charge in [0.25, 0.3) is 0 Å². The number of unbranched alkanes of at least 4 members (excludes halogenated alkanes) is 1. The molecule has 0 bridgehead atoms. The minimum atomic E-state index is -1.15. The Bertz CT molecular complexity index is 223. The number of aliphatic carboxylic acids is 1. The number of nitrogens with one attached hydrogen (secondary N) is 1. The molecular weight excluding hydrogens is 220 g/mol. The van der Waals surface area contributed by atoms with E-state index in [1.54, 1.807) is 0 Å². The average molecular weight is 237 g/mol. The number of alkyl halides is 1. The minimum absolute atomic E-state index is 0.165. The van der Waals surface area contributed by atoms with Crippen LogP contribution in [-0.2, 0) is 9.59 Å². The summed E-state index contributed by atoms with van der Waals surface area (Å²) in [7, 11) is 0.